The highest BCUT2D eigenvalue weighted by Crippen LogP contribution is 2.16. The third-order valence-electron chi connectivity index (χ3n) is 1.58. The van der Waals surface area contributed by atoms with Crippen molar-refractivity contribution in [2.24, 2.45) is 0 Å². The van der Waals surface area contributed by atoms with Gasteiger partial charge in [0.2, 0.25) is 0 Å². The molecule has 66 valence electrons. The van der Waals surface area contributed by atoms with Crippen LogP contribution < -0.4 is 0 Å². The van der Waals surface area contributed by atoms with Gasteiger partial charge < -0.3 is 4.74 Å². The average molecular weight is 233 g/mol. The highest BCUT2D eigenvalue weighted by molar-refractivity contribution is 9.10. The van der Waals surface area contributed by atoms with Gasteiger partial charge in [0.05, 0.1) is 11.1 Å². The van der Waals surface area contributed by atoms with Crippen molar-refractivity contribution < 1.29 is 9.13 Å². The van der Waals surface area contributed by atoms with Gasteiger partial charge in [-0.3, -0.25) is 0 Å². The van der Waals surface area contributed by atoms with E-state index in [9.17, 15) is 4.39 Å². The van der Waals surface area contributed by atoms with Gasteiger partial charge in [0.25, 0.3) is 0 Å². The van der Waals surface area contributed by atoms with Gasteiger partial charge in [-0.05, 0) is 40.0 Å². The normalized spacial score (nSPS) is 10.2. The topological polar surface area (TPSA) is 9.23 Å². The highest BCUT2D eigenvalue weighted by Gasteiger charge is 1.99. The molecule has 0 radical (unpaired) electrons. The molecule has 0 aliphatic heterocycles. The second kappa shape index (κ2) is 4.58. The summed E-state index contributed by atoms with van der Waals surface area (Å²) in [6, 6.07) is 4.99. The van der Waals surface area contributed by atoms with Crippen molar-refractivity contribution >= 4 is 15.9 Å². The standard InChI is InChI=1S/C9H10BrFO/c1-12-5-4-7-2-3-9(11)8(10)6-7/h2-3,6H,4-5H2,1H3. The van der Waals surface area contributed by atoms with Gasteiger partial charge in [-0.25, -0.2) is 4.39 Å². The summed E-state index contributed by atoms with van der Waals surface area (Å²) in [6.07, 6.45) is 0.815. The Hall–Kier alpha value is -0.410. The molecule has 0 spiro atoms. The summed E-state index contributed by atoms with van der Waals surface area (Å²) in [6.45, 7) is 0.665. The Kier molecular flexibility index (Phi) is 3.69. The molecule has 1 nitrogen and oxygen atoms in total. The van der Waals surface area contributed by atoms with E-state index in [1.54, 1.807) is 19.2 Å². The van der Waals surface area contributed by atoms with E-state index in [1.165, 1.54) is 6.07 Å². The predicted octanol–water partition coefficient (Wildman–Crippen LogP) is 2.78. The maximum absolute atomic E-state index is 12.7. The second-order valence-corrected chi connectivity index (χ2v) is 3.35. The van der Waals surface area contributed by atoms with Gasteiger partial charge in [-0.2, -0.15) is 0 Å². The van der Waals surface area contributed by atoms with Crippen LogP contribution in [-0.4, -0.2) is 13.7 Å². The minimum absolute atomic E-state index is 0.226. The van der Waals surface area contributed by atoms with Crippen LogP contribution in [0.5, 0.6) is 0 Å². The van der Waals surface area contributed by atoms with E-state index in [0.717, 1.165) is 12.0 Å². The van der Waals surface area contributed by atoms with Crippen LogP contribution in [-0.2, 0) is 11.2 Å². The lowest BCUT2D eigenvalue weighted by atomic mass is 10.2. The fourth-order valence-electron chi connectivity index (χ4n) is 0.915. The van der Waals surface area contributed by atoms with Crippen LogP contribution in [0.2, 0.25) is 0 Å². The Bertz CT molecular complexity index is 263. The van der Waals surface area contributed by atoms with E-state index in [-0.39, 0.29) is 5.82 Å². The highest BCUT2D eigenvalue weighted by atomic mass is 79.9. The molecule has 0 heterocycles. The first-order valence-electron chi connectivity index (χ1n) is 3.67. The summed E-state index contributed by atoms with van der Waals surface area (Å²) in [4.78, 5) is 0. The van der Waals surface area contributed by atoms with Crippen LogP contribution >= 0.6 is 15.9 Å². The molecule has 0 unspecified atom stereocenters. The van der Waals surface area contributed by atoms with Gasteiger partial charge in [0.15, 0.2) is 0 Å². The van der Waals surface area contributed by atoms with E-state index in [0.29, 0.717) is 11.1 Å². The molecule has 1 rings (SSSR count). The molecule has 0 saturated heterocycles. The average Bonchev–Trinajstić information content (AvgIpc) is 2.07. The van der Waals surface area contributed by atoms with Crippen molar-refractivity contribution in [3.63, 3.8) is 0 Å². The maximum atomic E-state index is 12.7. The Morgan fingerprint density at radius 1 is 1.50 bits per heavy atom. The molecule has 1 aromatic rings. The van der Waals surface area contributed by atoms with Gasteiger partial charge >= 0.3 is 0 Å². The lowest BCUT2D eigenvalue weighted by Gasteiger charge is -2.01. The summed E-state index contributed by atoms with van der Waals surface area (Å²) >= 11 is 3.12. The number of benzene rings is 1. The van der Waals surface area contributed by atoms with Crippen LogP contribution in [0.1, 0.15) is 5.56 Å². The fraction of sp³-hybridized carbons (Fsp3) is 0.333. The zero-order chi connectivity index (χ0) is 8.97. The molecule has 0 aliphatic rings. The third-order valence-corrected chi connectivity index (χ3v) is 2.19. The van der Waals surface area contributed by atoms with Crippen molar-refractivity contribution in [1.29, 1.82) is 0 Å². The Labute approximate surface area is 79.7 Å². The third kappa shape index (κ3) is 2.57. The smallest absolute Gasteiger partial charge is 0.137 e. The van der Waals surface area contributed by atoms with Crippen molar-refractivity contribution in [2.75, 3.05) is 13.7 Å². The molecular formula is C9H10BrFO. The number of methoxy groups -OCH3 is 1. The molecule has 0 N–H and O–H groups in total. The molecule has 0 aliphatic carbocycles. The number of ether oxygens (including phenoxy) is 1. The lowest BCUT2D eigenvalue weighted by Crippen LogP contribution is -1.94. The van der Waals surface area contributed by atoms with Crippen molar-refractivity contribution in [3.8, 4) is 0 Å². The van der Waals surface area contributed by atoms with E-state index in [2.05, 4.69) is 15.9 Å². The van der Waals surface area contributed by atoms with Gasteiger partial charge in [-0.1, -0.05) is 6.07 Å². The fourth-order valence-corrected chi connectivity index (χ4v) is 1.34. The zero-order valence-corrected chi connectivity index (χ0v) is 8.40. The molecule has 0 amide bonds. The van der Waals surface area contributed by atoms with E-state index >= 15 is 0 Å². The first-order valence-corrected chi connectivity index (χ1v) is 4.46. The maximum Gasteiger partial charge on any atom is 0.137 e. The first-order chi connectivity index (χ1) is 5.74. The summed E-state index contributed by atoms with van der Waals surface area (Å²) in [5.41, 5.74) is 1.07. The number of halogens is 2. The molecule has 0 saturated carbocycles. The Morgan fingerprint density at radius 2 is 2.25 bits per heavy atom. The van der Waals surface area contributed by atoms with E-state index in [4.69, 9.17) is 4.74 Å². The molecule has 0 atom stereocenters. The van der Waals surface area contributed by atoms with Gasteiger partial charge in [0, 0.05) is 7.11 Å². The minimum Gasteiger partial charge on any atom is -0.384 e. The van der Waals surface area contributed by atoms with Crippen molar-refractivity contribution in [1.82, 2.24) is 0 Å². The van der Waals surface area contributed by atoms with Crippen molar-refractivity contribution in [3.05, 3.63) is 34.1 Å². The monoisotopic (exact) mass is 232 g/mol. The van der Waals surface area contributed by atoms with E-state index < -0.39 is 0 Å². The number of hydrogen-bond acceptors (Lipinski definition) is 1. The van der Waals surface area contributed by atoms with Crippen molar-refractivity contribution in [2.45, 2.75) is 6.42 Å². The molecule has 1 aromatic carbocycles. The van der Waals surface area contributed by atoms with E-state index in [1.807, 2.05) is 0 Å². The summed E-state index contributed by atoms with van der Waals surface area (Å²) in [5, 5.41) is 0. The molecule has 3 heteroatoms. The largest absolute Gasteiger partial charge is 0.384 e. The first kappa shape index (κ1) is 9.68. The molecule has 0 aromatic heterocycles. The summed E-state index contributed by atoms with van der Waals surface area (Å²) < 4.78 is 18.2. The Balaban J connectivity index is 2.69. The van der Waals surface area contributed by atoms with Crippen LogP contribution in [0.4, 0.5) is 4.39 Å². The summed E-state index contributed by atoms with van der Waals surface area (Å²) in [5.74, 6) is -0.226. The Morgan fingerprint density at radius 3 is 2.83 bits per heavy atom. The lowest BCUT2D eigenvalue weighted by molar-refractivity contribution is 0.202. The number of hydrogen-bond donors (Lipinski definition) is 0. The molecule has 0 bridgehead atoms. The van der Waals surface area contributed by atoms with Gasteiger partial charge in [-0.15, -0.1) is 0 Å². The van der Waals surface area contributed by atoms with Gasteiger partial charge in [0.1, 0.15) is 5.82 Å². The van der Waals surface area contributed by atoms with Crippen LogP contribution in [0.3, 0.4) is 0 Å². The molecular weight excluding hydrogens is 223 g/mol. The predicted molar refractivity (Wildman–Crippen MR) is 49.7 cm³/mol. The van der Waals surface area contributed by atoms with Crippen LogP contribution in [0.25, 0.3) is 0 Å². The minimum atomic E-state index is -0.226. The SMILES string of the molecule is COCCc1ccc(F)c(Br)c1. The second-order valence-electron chi connectivity index (χ2n) is 2.49. The zero-order valence-electron chi connectivity index (χ0n) is 6.81. The molecule has 0 fully saturated rings. The number of rotatable bonds is 3. The van der Waals surface area contributed by atoms with Crippen LogP contribution in [0, 0.1) is 5.82 Å². The molecule has 12 heavy (non-hydrogen) atoms. The quantitative estimate of drug-likeness (QED) is 0.779. The van der Waals surface area contributed by atoms with Crippen LogP contribution in [0.15, 0.2) is 22.7 Å². The summed E-state index contributed by atoms with van der Waals surface area (Å²) in [7, 11) is 1.65.